The standard InChI is InChI=1S/C8H13N/c1-2-5-4-9(5)8-6-3-7(6)8/h5-8H,2-4H2,1H3. The molecule has 2 saturated carbocycles. The van der Waals surface area contributed by atoms with Crippen molar-refractivity contribution >= 4 is 0 Å². The molecule has 0 aromatic heterocycles. The zero-order valence-corrected chi connectivity index (χ0v) is 5.88. The molecule has 0 spiro atoms. The third-order valence-electron chi connectivity index (χ3n) is 3.24. The van der Waals surface area contributed by atoms with E-state index >= 15 is 0 Å². The second-order valence-corrected chi connectivity index (χ2v) is 3.81. The average Bonchev–Trinajstić information content (AvgIpc) is 2.63. The molecule has 1 heterocycles. The van der Waals surface area contributed by atoms with Crippen LogP contribution in [0.15, 0.2) is 0 Å². The van der Waals surface area contributed by atoms with Crippen LogP contribution < -0.4 is 0 Å². The van der Waals surface area contributed by atoms with E-state index in [1.165, 1.54) is 24.8 Å². The molecule has 9 heavy (non-hydrogen) atoms. The van der Waals surface area contributed by atoms with Gasteiger partial charge in [-0.15, -0.1) is 0 Å². The SMILES string of the molecule is CCC1CN1C1C2CC21. The third kappa shape index (κ3) is 0.493. The lowest BCUT2D eigenvalue weighted by Crippen LogP contribution is -2.11. The van der Waals surface area contributed by atoms with E-state index in [0.29, 0.717) is 0 Å². The van der Waals surface area contributed by atoms with Crippen molar-refractivity contribution in [2.75, 3.05) is 6.54 Å². The maximum atomic E-state index is 2.69. The van der Waals surface area contributed by atoms with Gasteiger partial charge in [0.1, 0.15) is 0 Å². The highest BCUT2D eigenvalue weighted by Crippen LogP contribution is 2.67. The van der Waals surface area contributed by atoms with Gasteiger partial charge >= 0.3 is 0 Å². The molecule has 1 aliphatic heterocycles. The predicted molar refractivity (Wildman–Crippen MR) is 36.2 cm³/mol. The molecule has 1 saturated heterocycles. The molecule has 0 N–H and O–H groups in total. The van der Waals surface area contributed by atoms with Crippen molar-refractivity contribution in [3.8, 4) is 0 Å². The lowest BCUT2D eigenvalue weighted by Gasteiger charge is -2.03. The van der Waals surface area contributed by atoms with Crippen molar-refractivity contribution in [1.29, 1.82) is 0 Å². The van der Waals surface area contributed by atoms with Gasteiger partial charge in [0.25, 0.3) is 0 Å². The molecule has 50 valence electrons. The normalized spacial score (nSPS) is 67.0. The van der Waals surface area contributed by atoms with Crippen LogP contribution >= 0.6 is 0 Å². The van der Waals surface area contributed by atoms with Crippen LogP contribution in [-0.2, 0) is 0 Å². The van der Waals surface area contributed by atoms with E-state index in [1.54, 1.807) is 6.42 Å². The van der Waals surface area contributed by atoms with Crippen molar-refractivity contribution in [1.82, 2.24) is 4.90 Å². The van der Waals surface area contributed by atoms with Gasteiger partial charge in [0.2, 0.25) is 0 Å². The van der Waals surface area contributed by atoms with Gasteiger partial charge in [-0.3, -0.25) is 4.90 Å². The van der Waals surface area contributed by atoms with Gasteiger partial charge in [0.15, 0.2) is 0 Å². The van der Waals surface area contributed by atoms with E-state index in [0.717, 1.165) is 12.1 Å². The Bertz CT molecular complexity index is 147. The molecular weight excluding hydrogens is 110 g/mol. The fourth-order valence-corrected chi connectivity index (χ4v) is 2.16. The van der Waals surface area contributed by atoms with Crippen molar-refractivity contribution in [2.24, 2.45) is 11.8 Å². The van der Waals surface area contributed by atoms with Crippen LogP contribution in [-0.4, -0.2) is 23.5 Å². The van der Waals surface area contributed by atoms with Gasteiger partial charge in [-0.05, 0) is 24.7 Å². The second kappa shape index (κ2) is 1.20. The van der Waals surface area contributed by atoms with Crippen molar-refractivity contribution in [2.45, 2.75) is 31.8 Å². The monoisotopic (exact) mass is 123 g/mol. The molecule has 0 aromatic rings. The molecule has 3 fully saturated rings. The molecule has 0 amide bonds. The number of hydrogen-bond donors (Lipinski definition) is 0. The first kappa shape index (κ1) is 4.73. The Labute approximate surface area is 56.0 Å². The molecule has 0 radical (unpaired) electrons. The maximum Gasteiger partial charge on any atom is 0.0224 e. The van der Waals surface area contributed by atoms with Crippen LogP contribution in [0, 0.1) is 11.8 Å². The fraction of sp³-hybridized carbons (Fsp3) is 1.00. The molecule has 2 aliphatic carbocycles. The summed E-state index contributed by atoms with van der Waals surface area (Å²) in [5.41, 5.74) is 0. The zero-order chi connectivity index (χ0) is 6.01. The number of hydrogen-bond acceptors (Lipinski definition) is 1. The molecular formula is C8H13N. The average molecular weight is 123 g/mol. The Hall–Kier alpha value is -0.0400. The Kier molecular flexibility index (Phi) is 0.628. The highest BCUT2D eigenvalue weighted by molar-refractivity contribution is 5.22. The summed E-state index contributed by atoms with van der Waals surface area (Å²) in [6.45, 7) is 3.73. The Morgan fingerprint density at radius 3 is 2.56 bits per heavy atom. The first-order chi connectivity index (χ1) is 4.42. The van der Waals surface area contributed by atoms with E-state index < -0.39 is 0 Å². The summed E-state index contributed by atoms with van der Waals surface area (Å²) in [6, 6.07) is 2.10. The smallest absolute Gasteiger partial charge is 0.0224 e. The van der Waals surface area contributed by atoms with E-state index in [4.69, 9.17) is 0 Å². The predicted octanol–water partition coefficient (Wildman–Crippen LogP) is 1.10. The third-order valence-corrected chi connectivity index (χ3v) is 3.24. The van der Waals surface area contributed by atoms with Gasteiger partial charge in [0, 0.05) is 18.6 Å². The van der Waals surface area contributed by atoms with E-state index in [9.17, 15) is 0 Å². The quantitative estimate of drug-likeness (QED) is 0.497. The van der Waals surface area contributed by atoms with Gasteiger partial charge in [0.05, 0.1) is 0 Å². The minimum atomic E-state index is 1.00. The van der Waals surface area contributed by atoms with E-state index in [-0.39, 0.29) is 0 Å². The highest BCUT2D eigenvalue weighted by Gasteiger charge is 2.69. The van der Waals surface area contributed by atoms with Crippen LogP contribution in [0.1, 0.15) is 19.8 Å². The van der Waals surface area contributed by atoms with Crippen LogP contribution in [0.2, 0.25) is 0 Å². The van der Waals surface area contributed by atoms with Gasteiger partial charge in [-0.25, -0.2) is 0 Å². The lowest BCUT2D eigenvalue weighted by atomic mass is 10.3. The first-order valence-corrected chi connectivity index (χ1v) is 4.17. The van der Waals surface area contributed by atoms with Crippen molar-refractivity contribution in [3.05, 3.63) is 0 Å². The fourth-order valence-electron chi connectivity index (χ4n) is 2.16. The van der Waals surface area contributed by atoms with Crippen molar-refractivity contribution in [3.63, 3.8) is 0 Å². The number of rotatable bonds is 2. The molecule has 1 heteroatoms. The van der Waals surface area contributed by atoms with E-state index in [2.05, 4.69) is 11.8 Å². The summed E-state index contributed by atoms with van der Waals surface area (Å²) in [5.74, 6) is 2.36. The summed E-state index contributed by atoms with van der Waals surface area (Å²) in [6.07, 6.45) is 2.95. The van der Waals surface area contributed by atoms with Crippen LogP contribution in [0.5, 0.6) is 0 Å². The lowest BCUT2D eigenvalue weighted by molar-refractivity contribution is 0.413. The Morgan fingerprint density at radius 2 is 2.22 bits per heavy atom. The molecule has 4 unspecified atom stereocenters. The topological polar surface area (TPSA) is 3.01 Å². The number of fused-ring (bicyclic) bond motifs is 1. The molecule has 0 aromatic carbocycles. The number of nitrogens with zero attached hydrogens (tertiary/aromatic N) is 1. The van der Waals surface area contributed by atoms with Gasteiger partial charge in [-0.2, -0.15) is 0 Å². The van der Waals surface area contributed by atoms with Gasteiger partial charge < -0.3 is 0 Å². The Balaban J connectivity index is 1.60. The molecule has 4 atom stereocenters. The summed E-state index contributed by atoms with van der Waals surface area (Å²) in [4.78, 5) is 2.69. The molecule has 0 bridgehead atoms. The van der Waals surface area contributed by atoms with Crippen molar-refractivity contribution < 1.29 is 0 Å². The summed E-state index contributed by atoms with van der Waals surface area (Å²) in [5, 5.41) is 0. The van der Waals surface area contributed by atoms with Gasteiger partial charge in [-0.1, -0.05) is 6.92 Å². The summed E-state index contributed by atoms with van der Waals surface area (Å²) < 4.78 is 0. The van der Waals surface area contributed by atoms with E-state index in [1.807, 2.05) is 0 Å². The molecule has 3 aliphatic rings. The minimum Gasteiger partial charge on any atom is -0.294 e. The Morgan fingerprint density at radius 1 is 1.44 bits per heavy atom. The largest absolute Gasteiger partial charge is 0.294 e. The summed E-state index contributed by atoms with van der Waals surface area (Å²) in [7, 11) is 0. The summed E-state index contributed by atoms with van der Waals surface area (Å²) >= 11 is 0. The van der Waals surface area contributed by atoms with Crippen LogP contribution in [0.3, 0.4) is 0 Å². The minimum absolute atomic E-state index is 1.00. The molecule has 1 nitrogen and oxygen atoms in total. The first-order valence-electron chi connectivity index (χ1n) is 4.17. The van der Waals surface area contributed by atoms with Crippen LogP contribution in [0.4, 0.5) is 0 Å². The van der Waals surface area contributed by atoms with Crippen LogP contribution in [0.25, 0.3) is 0 Å². The zero-order valence-electron chi connectivity index (χ0n) is 5.88. The molecule has 3 rings (SSSR count). The highest BCUT2D eigenvalue weighted by atomic mass is 15.4. The second-order valence-electron chi connectivity index (χ2n) is 3.81. The maximum absolute atomic E-state index is 2.69.